The highest BCUT2D eigenvalue weighted by Gasteiger charge is 2.40. The second-order valence-electron chi connectivity index (χ2n) is 7.05. The van der Waals surface area contributed by atoms with Crippen molar-refractivity contribution in [1.29, 1.82) is 0 Å². The molecule has 1 amide bonds. The Morgan fingerprint density at radius 3 is 2.65 bits per heavy atom. The highest BCUT2D eigenvalue weighted by atomic mass is 16.6. The molecule has 0 saturated carbocycles. The molecule has 2 bridgehead atoms. The molecule has 2 atom stereocenters. The summed E-state index contributed by atoms with van der Waals surface area (Å²) >= 11 is 0. The lowest BCUT2D eigenvalue weighted by atomic mass is 9.79. The molecule has 7 nitrogen and oxygen atoms in total. The molecule has 0 aliphatic carbocycles. The number of rotatable bonds is 4. The lowest BCUT2D eigenvalue weighted by Crippen LogP contribution is -2.62. The summed E-state index contributed by atoms with van der Waals surface area (Å²) in [5.41, 5.74) is 0.326. The molecule has 1 N–H and O–H groups in total. The smallest absolute Gasteiger partial charge is 0.287 e. The number of carbonyl (C=O) groups excluding carboxylic acids is 1. The molecular formula is C19H21N3O4. The van der Waals surface area contributed by atoms with Gasteiger partial charge in [0, 0.05) is 18.2 Å². The van der Waals surface area contributed by atoms with Gasteiger partial charge in [0.15, 0.2) is 5.76 Å². The van der Waals surface area contributed by atoms with Gasteiger partial charge in [-0.1, -0.05) is 12.1 Å². The van der Waals surface area contributed by atoms with Gasteiger partial charge in [-0.25, -0.2) is 0 Å². The van der Waals surface area contributed by atoms with Crippen LogP contribution in [0.15, 0.2) is 40.8 Å². The minimum atomic E-state index is -0.452. The van der Waals surface area contributed by atoms with Gasteiger partial charge in [0.25, 0.3) is 11.6 Å². The van der Waals surface area contributed by atoms with Crippen molar-refractivity contribution in [3.05, 3.63) is 52.3 Å². The van der Waals surface area contributed by atoms with E-state index in [1.807, 2.05) is 0 Å². The van der Waals surface area contributed by atoms with Crippen molar-refractivity contribution in [3.63, 3.8) is 0 Å². The van der Waals surface area contributed by atoms with E-state index in [0.717, 1.165) is 25.9 Å². The number of furan rings is 1. The fraction of sp³-hybridized carbons (Fsp3) is 0.421. The fourth-order valence-electron chi connectivity index (χ4n) is 4.21. The van der Waals surface area contributed by atoms with Crippen molar-refractivity contribution in [2.24, 2.45) is 5.92 Å². The quantitative estimate of drug-likeness (QED) is 0.672. The van der Waals surface area contributed by atoms with Gasteiger partial charge in [-0.2, -0.15) is 0 Å². The minimum absolute atomic E-state index is 0.0418. The SMILES string of the molecule is C[C@H]1[C@H](NC(=O)c2ccc(-c3ccccc3[N+](=O)[O-])o2)C2CCN1CC2. The van der Waals surface area contributed by atoms with Crippen LogP contribution in [0, 0.1) is 16.0 Å². The summed E-state index contributed by atoms with van der Waals surface area (Å²) in [5, 5.41) is 14.3. The van der Waals surface area contributed by atoms with E-state index in [9.17, 15) is 14.9 Å². The Kier molecular flexibility index (Phi) is 4.24. The van der Waals surface area contributed by atoms with Gasteiger partial charge >= 0.3 is 0 Å². The Morgan fingerprint density at radius 1 is 1.23 bits per heavy atom. The largest absolute Gasteiger partial charge is 0.451 e. The maximum atomic E-state index is 12.6. The predicted octanol–water partition coefficient (Wildman–Crippen LogP) is 3.07. The Bertz CT molecular complexity index is 837. The average molecular weight is 355 g/mol. The highest BCUT2D eigenvalue weighted by molar-refractivity contribution is 5.92. The number of fused-ring (bicyclic) bond motifs is 3. The van der Waals surface area contributed by atoms with E-state index in [4.69, 9.17) is 4.42 Å². The number of piperidine rings is 3. The number of nitrogens with one attached hydrogen (secondary N) is 1. The Morgan fingerprint density at radius 2 is 1.96 bits per heavy atom. The topological polar surface area (TPSA) is 88.6 Å². The summed E-state index contributed by atoms with van der Waals surface area (Å²) in [5.74, 6) is 0.746. The molecule has 2 aromatic rings. The molecule has 1 aromatic carbocycles. The molecule has 3 aliphatic rings. The second kappa shape index (κ2) is 6.57. The van der Waals surface area contributed by atoms with E-state index in [1.54, 1.807) is 30.3 Å². The van der Waals surface area contributed by atoms with Crippen molar-refractivity contribution in [3.8, 4) is 11.3 Å². The lowest BCUT2D eigenvalue weighted by molar-refractivity contribution is -0.384. The van der Waals surface area contributed by atoms with E-state index in [1.165, 1.54) is 6.07 Å². The number of hydrogen-bond donors (Lipinski definition) is 1. The number of carbonyl (C=O) groups is 1. The molecular weight excluding hydrogens is 334 g/mol. The van der Waals surface area contributed by atoms with E-state index in [2.05, 4.69) is 17.1 Å². The van der Waals surface area contributed by atoms with Crippen molar-refractivity contribution in [1.82, 2.24) is 10.2 Å². The summed E-state index contributed by atoms with van der Waals surface area (Å²) in [7, 11) is 0. The number of nitrogens with zero attached hydrogens (tertiary/aromatic N) is 2. The van der Waals surface area contributed by atoms with E-state index in [-0.39, 0.29) is 23.4 Å². The van der Waals surface area contributed by atoms with Gasteiger partial charge in [-0.15, -0.1) is 0 Å². The molecule has 3 saturated heterocycles. The van der Waals surface area contributed by atoms with E-state index >= 15 is 0 Å². The number of nitro benzene ring substituents is 1. The minimum Gasteiger partial charge on any atom is -0.451 e. The Balaban J connectivity index is 1.53. The second-order valence-corrected chi connectivity index (χ2v) is 7.05. The summed E-state index contributed by atoms with van der Waals surface area (Å²) in [6.45, 7) is 4.35. The third-order valence-electron chi connectivity index (χ3n) is 5.67. The van der Waals surface area contributed by atoms with E-state index in [0.29, 0.717) is 23.3 Å². The number of benzene rings is 1. The Hall–Kier alpha value is -2.67. The van der Waals surface area contributed by atoms with Gasteiger partial charge in [0.2, 0.25) is 0 Å². The summed E-state index contributed by atoms with van der Waals surface area (Å²) in [6, 6.07) is 9.97. The predicted molar refractivity (Wildman–Crippen MR) is 95.8 cm³/mol. The zero-order valence-electron chi connectivity index (χ0n) is 14.6. The van der Waals surface area contributed by atoms with Gasteiger partial charge in [0.05, 0.1) is 10.5 Å². The molecule has 0 spiro atoms. The van der Waals surface area contributed by atoms with Crippen LogP contribution < -0.4 is 5.32 Å². The molecule has 1 aromatic heterocycles. The third-order valence-corrected chi connectivity index (χ3v) is 5.67. The molecule has 4 heterocycles. The summed E-state index contributed by atoms with van der Waals surface area (Å²) in [6.07, 6.45) is 2.21. The van der Waals surface area contributed by atoms with Crippen LogP contribution in [-0.2, 0) is 0 Å². The van der Waals surface area contributed by atoms with Crippen molar-refractivity contribution in [2.75, 3.05) is 13.1 Å². The number of para-hydroxylation sites is 1. The van der Waals surface area contributed by atoms with Crippen LogP contribution >= 0.6 is 0 Å². The zero-order valence-corrected chi connectivity index (χ0v) is 14.6. The van der Waals surface area contributed by atoms with Crippen LogP contribution in [0.1, 0.15) is 30.3 Å². The summed E-state index contributed by atoms with van der Waals surface area (Å²) in [4.78, 5) is 25.8. The Labute approximate surface area is 151 Å². The first kappa shape index (κ1) is 16.8. The molecule has 26 heavy (non-hydrogen) atoms. The third kappa shape index (κ3) is 2.88. The first-order chi connectivity index (χ1) is 12.5. The first-order valence-electron chi connectivity index (χ1n) is 8.93. The van der Waals surface area contributed by atoms with Crippen LogP contribution in [-0.4, -0.2) is 40.9 Å². The van der Waals surface area contributed by atoms with Gasteiger partial charge < -0.3 is 9.73 Å². The zero-order chi connectivity index (χ0) is 18.3. The van der Waals surface area contributed by atoms with E-state index < -0.39 is 4.92 Å². The number of amides is 1. The first-order valence-corrected chi connectivity index (χ1v) is 8.93. The maximum Gasteiger partial charge on any atom is 0.287 e. The lowest BCUT2D eigenvalue weighted by Gasteiger charge is -2.49. The molecule has 5 rings (SSSR count). The summed E-state index contributed by atoms with van der Waals surface area (Å²) < 4.78 is 5.65. The number of nitro groups is 1. The fourth-order valence-corrected chi connectivity index (χ4v) is 4.21. The number of hydrogen-bond acceptors (Lipinski definition) is 5. The van der Waals surface area contributed by atoms with Gasteiger partial charge in [-0.05, 0) is 57.0 Å². The normalized spacial score (nSPS) is 27.3. The van der Waals surface area contributed by atoms with Crippen molar-refractivity contribution in [2.45, 2.75) is 31.8 Å². The molecule has 3 fully saturated rings. The van der Waals surface area contributed by atoms with Crippen LogP contribution in [0.3, 0.4) is 0 Å². The van der Waals surface area contributed by atoms with Crippen molar-refractivity contribution >= 4 is 11.6 Å². The molecule has 0 unspecified atom stereocenters. The standard InChI is InChI=1S/C19H21N3O4/c1-12-18(13-8-10-21(12)11-9-13)20-19(23)17-7-6-16(26-17)14-4-2-3-5-15(14)22(24)25/h2-7,12-13,18H,8-11H2,1H3,(H,20,23)/t12-,18-/m0/s1. The van der Waals surface area contributed by atoms with Gasteiger partial charge in [-0.3, -0.25) is 19.8 Å². The van der Waals surface area contributed by atoms with Crippen LogP contribution in [0.4, 0.5) is 5.69 Å². The van der Waals surface area contributed by atoms with Crippen LogP contribution in [0.25, 0.3) is 11.3 Å². The van der Waals surface area contributed by atoms with Crippen LogP contribution in [0.5, 0.6) is 0 Å². The molecule has 7 heteroatoms. The van der Waals surface area contributed by atoms with Crippen molar-refractivity contribution < 1.29 is 14.1 Å². The van der Waals surface area contributed by atoms with Crippen LogP contribution in [0.2, 0.25) is 0 Å². The maximum absolute atomic E-state index is 12.6. The highest BCUT2D eigenvalue weighted by Crippen LogP contribution is 2.33. The molecule has 3 aliphatic heterocycles. The molecule has 136 valence electrons. The average Bonchev–Trinajstić information content (AvgIpc) is 3.15. The monoisotopic (exact) mass is 355 g/mol. The van der Waals surface area contributed by atoms with Gasteiger partial charge in [0.1, 0.15) is 5.76 Å². The molecule has 0 radical (unpaired) electrons.